The van der Waals surface area contributed by atoms with Crippen molar-refractivity contribution in [2.45, 2.75) is 31.8 Å². The molecule has 3 aromatic rings. The summed E-state index contributed by atoms with van der Waals surface area (Å²) in [5, 5.41) is 8.62. The maximum Gasteiger partial charge on any atom is 0.154 e. The van der Waals surface area contributed by atoms with Crippen molar-refractivity contribution in [1.82, 2.24) is 19.7 Å². The van der Waals surface area contributed by atoms with Crippen LogP contribution in [0.5, 0.6) is 0 Å². The van der Waals surface area contributed by atoms with E-state index in [1.807, 2.05) is 36.9 Å². The molecule has 4 rings (SSSR count). The van der Waals surface area contributed by atoms with Gasteiger partial charge in [0.15, 0.2) is 5.82 Å². The van der Waals surface area contributed by atoms with Crippen molar-refractivity contribution in [3.63, 3.8) is 0 Å². The van der Waals surface area contributed by atoms with Gasteiger partial charge in [-0.1, -0.05) is 24.6 Å². The summed E-state index contributed by atoms with van der Waals surface area (Å²) in [4.78, 5) is 2.48. The van der Waals surface area contributed by atoms with Gasteiger partial charge in [-0.15, -0.1) is 10.2 Å². The summed E-state index contributed by atoms with van der Waals surface area (Å²) < 4.78 is 7.32. The number of rotatable bonds is 4. The average Bonchev–Trinajstić information content (AvgIpc) is 3.28. The fourth-order valence-corrected chi connectivity index (χ4v) is 3.35. The number of piperidine rings is 1. The highest BCUT2D eigenvalue weighted by atomic mass is 16.3. The SMILES string of the molecule is c1ccc(-n2cnnc2[C@@H]2CCCCN2Cc2ccoc2)cc1. The first kappa shape index (κ1) is 14.2. The van der Waals surface area contributed by atoms with Crippen molar-refractivity contribution in [3.05, 3.63) is 66.6 Å². The molecule has 1 aliphatic heterocycles. The van der Waals surface area contributed by atoms with Gasteiger partial charge in [-0.25, -0.2) is 0 Å². The summed E-state index contributed by atoms with van der Waals surface area (Å²) in [6.45, 7) is 1.97. The van der Waals surface area contributed by atoms with Crippen LogP contribution in [0.25, 0.3) is 5.69 Å². The van der Waals surface area contributed by atoms with Gasteiger partial charge in [0.05, 0.1) is 18.6 Å². The number of nitrogens with zero attached hydrogens (tertiary/aromatic N) is 4. The predicted octanol–water partition coefficient (Wildman–Crippen LogP) is 3.59. The Hall–Kier alpha value is -2.40. The minimum absolute atomic E-state index is 0.293. The van der Waals surface area contributed by atoms with E-state index in [4.69, 9.17) is 4.42 Å². The van der Waals surface area contributed by atoms with Gasteiger partial charge in [0, 0.05) is 17.8 Å². The van der Waals surface area contributed by atoms with Crippen LogP contribution in [0.15, 0.2) is 59.7 Å². The van der Waals surface area contributed by atoms with Crippen molar-refractivity contribution in [3.8, 4) is 5.69 Å². The van der Waals surface area contributed by atoms with Gasteiger partial charge in [0.25, 0.3) is 0 Å². The summed E-state index contributed by atoms with van der Waals surface area (Å²) in [5.74, 6) is 1.03. The third-order valence-electron chi connectivity index (χ3n) is 4.49. The van der Waals surface area contributed by atoms with Crippen LogP contribution < -0.4 is 0 Å². The molecule has 1 fully saturated rings. The van der Waals surface area contributed by atoms with E-state index >= 15 is 0 Å². The van der Waals surface area contributed by atoms with Gasteiger partial charge < -0.3 is 4.42 Å². The monoisotopic (exact) mass is 308 g/mol. The van der Waals surface area contributed by atoms with Crippen molar-refractivity contribution in [1.29, 1.82) is 0 Å². The molecule has 5 nitrogen and oxygen atoms in total. The van der Waals surface area contributed by atoms with Crippen molar-refractivity contribution >= 4 is 0 Å². The minimum Gasteiger partial charge on any atom is -0.472 e. The largest absolute Gasteiger partial charge is 0.472 e. The Labute approximate surface area is 135 Å². The van der Waals surface area contributed by atoms with Crippen LogP contribution in [0, 0.1) is 0 Å². The van der Waals surface area contributed by atoms with Crippen LogP contribution >= 0.6 is 0 Å². The molecular formula is C18H20N4O. The average molecular weight is 308 g/mol. The Morgan fingerprint density at radius 1 is 1.13 bits per heavy atom. The van der Waals surface area contributed by atoms with E-state index in [-0.39, 0.29) is 0 Å². The smallest absolute Gasteiger partial charge is 0.154 e. The highest BCUT2D eigenvalue weighted by molar-refractivity contribution is 5.32. The number of furan rings is 1. The third-order valence-corrected chi connectivity index (χ3v) is 4.49. The molecule has 23 heavy (non-hydrogen) atoms. The number of para-hydroxylation sites is 1. The summed E-state index contributed by atoms with van der Waals surface area (Å²) in [6, 6.07) is 12.6. The van der Waals surface area contributed by atoms with E-state index in [0.29, 0.717) is 6.04 Å². The molecule has 0 radical (unpaired) electrons. The first-order valence-electron chi connectivity index (χ1n) is 8.12. The van der Waals surface area contributed by atoms with Crippen molar-refractivity contribution in [2.24, 2.45) is 0 Å². The van der Waals surface area contributed by atoms with Crippen LogP contribution in [-0.2, 0) is 6.54 Å². The molecule has 0 amide bonds. The lowest BCUT2D eigenvalue weighted by Gasteiger charge is -2.34. The Kier molecular flexibility index (Phi) is 3.94. The standard InChI is InChI=1S/C18H20N4O/c1-2-6-16(7-3-1)22-14-19-20-18(22)17-8-4-5-10-21(17)12-15-9-11-23-13-15/h1-3,6-7,9,11,13-14,17H,4-5,8,10,12H2/t17-/m0/s1. The normalized spacial score (nSPS) is 19.0. The number of benzene rings is 1. The molecule has 1 atom stereocenters. The quantitative estimate of drug-likeness (QED) is 0.739. The van der Waals surface area contributed by atoms with Gasteiger partial charge in [0.1, 0.15) is 6.33 Å². The molecule has 0 aliphatic carbocycles. The zero-order chi connectivity index (χ0) is 15.5. The number of hydrogen-bond acceptors (Lipinski definition) is 4. The molecule has 118 valence electrons. The van der Waals surface area contributed by atoms with Crippen LogP contribution in [0.4, 0.5) is 0 Å². The Morgan fingerprint density at radius 2 is 2.04 bits per heavy atom. The summed E-state index contributed by atoms with van der Waals surface area (Å²) >= 11 is 0. The van der Waals surface area contributed by atoms with E-state index in [1.165, 1.54) is 18.4 Å². The molecule has 5 heteroatoms. The maximum atomic E-state index is 5.22. The Balaban J connectivity index is 1.64. The fraction of sp³-hybridized carbons (Fsp3) is 0.333. The van der Waals surface area contributed by atoms with Gasteiger partial charge in [-0.05, 0) is 37.6 Å². The van der Waals surface area contributed by atoms with E-state index in [0.717, 1.165) is 31.0 Å². The molecule has 0 N–H and O–H groups in total. The number of hydrogen-bond donors (Lipinski definition) is 0. The lowest BCUT2D eigenvalue weighted by atomic mass is 10.0. The number of likely N-dealkylation sites (tertiary alicyclic amines) is 1. The predicted molar refractivity (Wildman–Crippen MR) is 87.1 cm³/mol. The van der Waals surface area contributed by atoms with E-state index < -0.39 is 0 Å². The van der Waals surface area contributed by atoms with Crippen molar-refractivity contribution in [2.75, 3.05) is 6.54 Å². The van der Waals surface area contributed by atoms with Crippen LogP contribution in [-0.4, -0.2) is 26.2 Å². The van der Waals surface area contributed by atoms with Gasteiger partial charge >= 0.3 is 0 Å². The van der Waals surface area contributed by atoms with E-state index in [1.54, 1.807) is 6.26 Å². The summed E-state index contributed by atoms with van der Waals surface area (Å²) in [5.41, 5.74) is 2.32. The van der Waals surface area contributed by atoms with Gasteiger partial charge in [-0.3, -0.25) is 9.47 Å². The molecule has 1 saturated heterocycles. The lowest BCUT2D eigenvalue weighted by molar-refractivity contribution is 0.132. The molecule has 0 spiro atoms. The fourth-order valence-electron chi connectivity index (χ4n) is 3.35. The molecule has 0 bridgehead atoms. The molecular weight excluding hydrogens is 288 g/mol. The second kappa shape index (κ2) is 6.38. The van der Waals surface area contributed by atoms with Crippen LogP contribution in [0.3, 0.4) is 0 Å². The molecule has 0 unspecified atom stereocenters. The first-order chi connectivity index (χ1) is 11.4. The first-order valence-corrected chi connectivity index (χ1v) is 8.12. The molecule has 1 aromatic carbocycles. The summed E-state index contributed by atoms with van der Waals surface area (Å²) in [6.07, 6.45) is 8.95. The highest BCUT2D eigenvalue weighted by Gasteiger charge is 2.28. The minimum atomic E-state index is 0.293. The van der Waals surface area contributed by atoms with E-state index in [2.05, 4.69) is 31.8 Å². The van der Waals surface area contributed by atoms with Crippen LogP contribution in [0.1, 0.15) is 36.7 Å². The second-order valence-electron chi connectivity index (χ2n) is 6.01. The lowest BCUT2D eigenvalue weighted by Crippen LogP contribution is -2.34. The van der Waals surface area contributed by atoms with Crippen LogP contribution in [0.2, 0.25) is 0 Å². The Bertz CT molecular complexity index is 735. The maximum absolute atomic E-state index is 5.22. The molecule has 2 aromatic heterocycles. The zero-order valence-electron chi connectivity index (χ0n) is 13.0. The van der Waals surface area contributed by atoms with Gasteiger partial charge in [-0.2, -0.15) is 0 Å². The topological polar surface area (TPSA) is 47.1 Å². The van der Waals surface area contributed by atoms with Gasteiger partial charge in [0.2, 0.25) is 0 Å². The highest BCUT2D eigenvalue weighted by Crippen LogP contribution is 2.32. The summed E-state index contributed by atoms with van der Waals surface area (Å²) in [7, 11) is 0. The molecule has 1 aliphatic rings. The molecule has 0 saturated carbocycles. The zero-order valence-corrected chi connectivity index (χ0v) is 13.0. The van der Waals surface area contributed by atoms with Crippen molar-refractivity contribution < 1.29 is 4.42 Å². The Morgan fingerprint density at radius 3 is 2.87 bits per heavy atom. The second-order valence-corrected chi connectivity index (χ2v) is 6.01. The molecule has 3 heterocycles. The third kappa shape index (κ3) is 2.92. The number of aromatic nitrogens is 3. The van der Waals surface area contributed by atoms with E-state index in [9.17, 15) is 0 Å².